The fourth-order valence-corrected chi connectivity index (χ4v) is 0.590. The van der Waals surface area contributed by atoms with Gasteiger partial charge in [-0.25, -0.2) is 0 Å². The fraction of sp³-hybridized carbons (Fsp3) is 0.857. The van der Waals surface area contributed by atoms with Crippen molar-refractivity contribution in [2.45, 2.75) is 25.9 Å². The van der Waals surface area contributed by atoms with E-state index in [0.29, 0.717) is 13.0 Å². The number of rotatable bonds is 5. The van der Waals surface area contributed by atoms with Crippen LogP contribution in [0.25, 0.3) is 0 Å². The van der Waals surface area contributed by atoms with Crippen LogP contribution in [0, 0.1) is 0 Å². The largest absolute Gasteiger partial charge is 0.480 e. The van der Waals surface area contributed by atoms with Crippen LogP contribution in [-0.4, -0.2) is 34.9 Å². The zero-order chi connectivity index (χ0) is 8.91. The number of hydrogen-bond donors (Lipinski definition) is 3. The summed E-state index contributed by atoms with van der Waals surface area (Å²) >= 11 is 0. The van der Waals surface area contributed by atoms with E-state index < -0.39 is 11.6 Å². The molecule has 0 bridgehead atoms. The number of nitrogens with one attached hydrogen (secondary N) is 1. The SMILES string of the molecule is CC(C)(O)CCNCC(=O)O. The molecule has 3 N–H and O–H groups in total. The number of carboxylic acids is 1. The van der Waals surface area contributed by atoms with Gasteiger partial charge in [0.2, 0.25) is 0 Å². The Labute approximate surface area is 66.2 Å². The van der Waals surface area contributed by atoms with E-state index in [2.05, 4.69) is 5.32 Å². The van der Waals surface area contributed by atoms with Crippen molar-refractivity contribution in [3.05, 3.63) is 0 Å². The Bertz CT molecular complexity index is 128. The van der Waals surface area contributed by atoms with Gasteiger partial charge in [0.05, 0.1) is 12.1 Å². The van der Waals surface area contributed by atoms with E-state index in [4.69, 9.17) is 5.11 Å². The molecule has 4 heteroatoms. The third-order valence-corrected chi connectivity index (χ3v) is 1.19. The summed E-state index contributed by atoms with van der Waals surface area (Å²) in [6, 6.07) is 0. The molecule has 0 aromatic rings. The molecule has 0 amide bonds. The van der Waals surface area contributed by atoms with Crippen molar-refractivity contribution >= 4 is 5.97 Å². The average Bonchev–Trinajstić information content (AvgIpc) is 1.78. The summed E-state index contributed by atoms with van der Waals surface area (Å²) in [6.45, 7) is 3.86. The van der Waals surface area contributed by atoms with E-state index in [0.717, 1.165) is 0 Å². The predicted molar refractivity (Wildman–Crippen MR) is 41.4 cm³/mol. The smallest absolute Gasteiger partial charge is 0.317 e. The molecule has 0 radical (unpaired) electrons. The van der Waals surface area contributed by atoms with Crippen LogP contribution in [0.2, 0.25) is 0 Å². The second-order valence-corrected chi connectivity index (χ2v) is 3.13. The van der Waals surface area contributed by atoms with E-state index in [9.17, 15) is 9.90 Å². The highest BCUT2D eigenvalue weighted by atomic mass is 16.4. The van der Waals surface area contributed by atoms with Crippen LogP contribution in [0.15, 0.2) is 0 Å². The first-order valence-electron chi connectivity index (χ1n) is 3.57. The summed E-state index contributed by atoms with van der Waals surface area (Å²) in [5.74, 6) is -0.874. The maximum absolute atomic E-state index is 10.00. The van der Waals surface area contributed by atoms with Gasteiger partial charge in [-0.2, -0.15) is 0 Å². The Balaban J connectivity index is 3.22. The minimum absolute atomic E-state index is 0.0456. The molecule has 66 valence electrons. The van der Waals surface area contributed by atoms with E-state index in [1.807, 2.05) is 0 Å². The molecule has 0 unspecified atom stereocenters. The highest BCUT2D eigenvalue weighted by Crippen LogP contribution is 2.04. The van der Waals surface area contributed by atoms with Crippen LogP contribution < -0.4 is 5.32 Å². The Morgan fingerprint density at radius 2 is 2.09 bits per heavy atom. The number of hydrogen-bond acceptors (Lipinski definition) is 3. The number of aliphatic hydroxyl groups is 1. The lowest BCUT2D eigenvalue weighted by Gasteiger charge is -2.16. The van der Waals surface area contributed by atoms with Gasteiger partial charge in [-0.05, 0) is 26.8 Å². The van der Waals surface area contributed by atoms with Crippen molar-refractivity contribution in [3.63, 3.8) is 0 Å². The van der Waals surface area contributed by atoms with Gasteiger partial charge in [0.1, 0.15) is 0 Å². The lowest BCUT2D eigenvalue weighted by Crippen LogP contribution is -2.29. The molecule has 0 aliphatic heterocycles. The summed E-state index contributed by atoms with van der Waals surface area (Å²) in [7, 11) is 0. The molecule has 4 nitrogen and oxygen atoms in total. The molecule has 0 heterocycles. The molecule has 0 aliphatic rings. The average molecular weight is 161 g/mol. The lowest BCUT2D eigenvalue weighted by atomic mass is 10.1. The number of aliphatic carboxylic acids is 1. The number of carbonyl (C=O) groups is 1. The molecule has 0 fully saturated rings. The quantitative estimate of drug-likeness (QED) is 0.489. The van der Waals surface area contributed by atoms with Gasteiger partial charge in [0.15, 0.2) is 0 Å². The van der Waals surface area contributed by atoms with Gasteiger partial charge in [-0.3, -0.25) is 4.79 Å². The van der Waals surface area contributed by atoms with Crippen LogP contribution in [-0.2, 0) is 4.79 Å². The molecule has 0 atom stereocenters. The zero-order valence-corrected chi connectivity index (χ0v) is 6.92. The lowest BCUT2D eigenvalue weighted by molar-refractivity contribution is -0.136. The second kappa shape index (κ2) is 4.31. The number of carboxylic acid groups (broad SMARTS) is 1. The first kappa shape index (κ1) is 10.4. The summed E-state index contributed by atoms with van der Waals surface area (Å²) in [5, 5.41) is 20.1. The van der Waals surface area contributed by atoms with Gasteiger partial charge >= 0.3 is 5.97 Å². The molecular formula is C7H15NO3. The normalized spacial score (nSPS) is 11.5. The summed E-state index contributed by atoms with van der Waals surface area (Å²) in [4.78, 5) is 10.00. The Morgan fingerprint density at radius 1 is 1.55 bits per heavy atom. The first-order chi connectivity index (χ1) is 4.92. The van der Waals surface area contributed by atoms with Gasteiger partial charge in [-0.15, -0.1) is 0 Å². The van der Waals surface area contributed by atoms with Crippen LogP contribution in [0.1, 0.15) is 20.3 Å². The molecule has 0 saturated heterocycles. The Morgan fingerprint density at radius 3 is 2.45 bits per heavy atom. The van der Waals surface area contributed by atoms with Crippen LogP contribution in [0.5, 0.6) is 0 Å². The minimum atomic E-state index is -0.874. The predicted octanol–water partition coefficient (Wildman–Crippen LogP) is -0.178. The molecule has 0 aromatic carbocycles. The molecule has 0 aliphatic carbocycles. The molecule has 0 saturated carbocycles. The van der Waals surface area contributed by atoms with Gasteiger partial charge in [0.25, 0.3) is 0 Å². The topological polar surface area (TPSA) is 69.6 Å². The Kier molecular flexibility index (Phi) is 4.07. The summed E-state index contributed by atoms with van der Waals surface area (Å²) < 4.78 is 0. The third kappa shape index (κ3) is 9.39. The standard InChI is InChI=1S/C7H15NO3/c1-7(2,11)3-4-8-5-6(9)10/h8,11H,3-5H2,1-2H3,(H,9,10). The van der Waals surface area contributed by atoms with Crippen molar-refractivity contribution in [2.75, 3.05) is 13.1 Å². The minimum Gasteiger partial charge on any atom is -0.480 e. The van der Waals surface area contributed by atoms with E-state index in [1.165, 1.54) is 0 Å². The van der Waals surface area contributed by atoms with E-state index in [-0.39, 0.29) is 6.54 Å². The van der Waals surface area contributed by atoms with Gasteiger partial charge in [-0.1, -0.05) is 0 Å². The van der Waals surface area contributed by atoms with Gasteiger partial charge < -0.3 is 15.5 Å². The van der Waals surface area contributed by atoms with Crippen molar-refractivity contribution in [1.29, 1.82) is 0 Å². The Hall–Kier alpha value is -0.610. The molecule has 0 spiro atoms. The summed E-state index contributed by atoms with van der Waals surface area (Å²) in [6.07, 6.45) is 0.556. The van der Waals surface area contributed by atoms with Crippen molar-refractivity contribution in [2.24, 2.45) is 0 Å². The molecule has 11 heavy (non-hydrogen) atoms. The maximum atomic E-state index is 10.00. The monoisotopic (exact) mass is 161 g/mol. The zero-order valence-electron chi connectivity index (χ0n) is 6.92. The van der Waals surface area contributed by atoms with Crippen molar-refractivity contribution in [3.8, 4) is 0 Å². The fourth-order valence-electron chi connectivity index (χ4n) is 0.590. The van der Waals surface area contributed by atoms with Crippen LogP contribution >= 0.6 is 0 Å². The second-order valence-electron chi connectivity index (χ2n) is 3.13. The maximum Gasteiger partial charge on any atom is 0.317 e. The molecule has 0 rings (SSSR count). The van der Waals surface area contributed by atoms with Crippen LogP contribution in [0.4, 0.5) is 0 Å². The van der Waals surface area contributed by atoms with Gasteiger partial charge in [0, 0.05) is 0 Å². The van der Waals surface area contributed by atoms with E-state index >= 15 is 0 Å². The summed E-state index contributed by atoms with van der Waals surface area (Å²) in [5.41, 5.74) is -0.717. The first-order valence-corrected chi connectivity index (χ1v) is 3.57. The molecule has 0 aromatic heterocycles. The van der Waals surface area contributed by atoms with E-state index in [1.54, 1.807) is 13.8 Å². The molecular weight excluding hydrogens is 146 g/mol. The highest BCUT2D eigenvalue weighted by Gasteiger charge is 2.10. The van der Waals surface area contributed by atoms with Crippen LogP contribution in [0.3, 0.4) is 0 Å². The third-order valence-electron chi connectivity index (χ3n) is 1.19. The van der Waals surface area contributed by atoms with Crippen molar-refractivity contribution < 1.29 is 15.0 Å². The highest BCUT2D eigenvalue weighted by molar-refractivity contribution is 5.68. The van der Waals surface area contributed by atoms with Crippen molar-refractivity contribution in [1.82, 2.24) is 5.32 Å².